The fourth-order valence-electron chi connectivity index (χ4n) is 1.94. The smallest absolute Gasteiger partial charge is 0.309 e. The molecule has 0 aromatic carbocycles. The molecule has 0 aliphatic heterocycles. The molecule has 0 saturated carbocycles. The number of aromatic amines is 1. The number of thioether (sulfide) groups is 1. The lowest BCUT2D eigenvalue weighted by atomic mass is 10.4. The summed E-state index contributed by atoms with van der Waals surface area (Å²) in [6.07, 6.45) is 3.63. The highest BCUT2D eigenvalue weighted by molar-refractivity contribution is 7.99. The van der Waals surface area contributed by atoms with Crippen molar-refractivity contribution in [3.63, 3.8) is 0 Å². The number of aromatic nitrogens is 4. The van der Waals surface area contributed by atoms with Gasteiger partial charge in [0.05, 0.1) is 0 Å². The summed E-state index contributed by atoms with van der Waals surface area (Å²) in [5.74, 6) is 0.605. The number of hydrogen-bond acceptors (Lipinski definition) is 4. The Hall–Kier alpha value is -1.44. The summed E-state index contributed by atoms with van der Waals surface area (Å²) in [5, 5.41) is 1.91. The molecule has 0 radical (unpaired) electrons. The maximum Gasteiger partial charge on any atom is 0.329 e. The number of rotatable bonds is 5. The second kappa shape index (κ2) is 7.42. The third kappa shape index (κ3) is 4.10. The predicted octanol–water partition coefficient (Wildman–Crippen LogP) is 2.80. The van der Waals surface area contributed by atoms with Crippen molar-refractivity contribution >= 4 is 46.1 Å². The molecule has 6 nitrogen and oxygen atoms in total. The molecule has 0 saturated heterocycles. The molecule has 0 bridgehead atoms. The zero-order valence-electron chi connectivity index (χ0n) is 12.9. The average molecular weight is 375 g/mol. The van der Waals surface area contributed by atoms with Crippen LogP contribution in [0.15, 0.2) is 37.0 Å². The highest BCUT2D eigenvalue weighted by atomic mass is 35.5. The highest BCUT2D eigenvalue weighted by Gasteiger charge is 2.16. The lowest BCUT2D eigenvalue weighted by molar-refractivity contribution is 0.743. The Morgan fingerprint density at radius 3 is 2.52 bits per heavy atom. The maximum atomic E-state index is 12.2. The van der Waals surface area contributed by atoms with Crippen LogP contribution in [0.25, 0.3) is 11.2 Å². The van der Waals surface area contributed by atoms with Crippen molar-refractivity contribution in [3.05, 3.63) is 43.1 Å². The molecule has 0 unspecified atom stereocenters. The molecule has 0 aliphatic rings. The second-order valence-corrected chi connectivity index (χ2v) is 7.07. The number of fused-ring (bicyclic) bond motifs is 1. The SMILES string of the molecule is C/C(Cl)=C/Cn1c(SC/C=C(\C)Cl)nc2c1c(=O)[nH]c(=O)n2C. The van der Waals surface area contributed by atoms with E-state index in [0.717, 1.165) is 0 Å². The van der Waals surface area contributed by atoms with Gasteiger partial charge < -0.3 is 4.57 Å². The molecular weight excluding hydrogens is 359 g/mol. The summed E-state index contributed by atoms with van der Waals surface area (Å²) in [7, 11) is 1.57. The summed E-state index contributed by atoms with van der Waals surface area (Å²) in [6.45, 7) is 3.94. The molecule has 0 spiro atoms. The standard InChI is InChI=1S/C14H16Cl2N4O2S/c1-8(15)4-6-20-10-11(19(3)13(22)18-12(10)21)17-14(20)23-7-5-9(2)16/h4-5H,6-7H2,1-3H3,(H,18,21,22)/b8-4-,9-5+. The van der Waals surface area contributed by atoms with Crippen LogP contribution in [0.2, 0.25) is 0 Å². The fraction of sp³-hybridized carbons (Fsp3) is 0.357. The summed E-state index contributed by atoms with van der Waals surface area (Å²) < 4.78 is 3.05. The average Bonchev–Trinajstić information content (AvgIpc) is 2.81. The number of aryl methyl sites for hydroxylation is 1. The van der Waals surface area contributed by atoms with E-state index in [4.69, 9.17) is 23.2 Å². The van der Waals surface area contributed by atoms with E-state index in [9.17, 15) is 9.59 Å². The normalized spacial score (nSPS) is 13.1. The molecule has 23 heavy (non-hydrogen) atoms. The van der Waals surface area contributed by atoms with Gasteiger partial charge in [0.25, 0.3) is 5.56 Å². The molecule has 2 heterocycles. The van der Waals surface area contributed by atoms with Crippen molar-refractivity contribution in [3.8, 4) is 0 Å². The molecule has 0 fully saturated rings. The Balaban J connectivity index is 2.62. The lowest BCUT2D eigenvalue weighted by Gasteiger charge is -2.05. The van der Waals surface area contributed by atoms with Gasteiger partial charge in [-0.1, -0.05) is 47.1 Å². The summed E-state index contributed by atoms with van der Waals surface area (Å²) in [6, 6.07) is 0. The van der Waals surface area contributed by atoms with Crippen LogP contribution in [-0.4, -0.2) is 24.9 Å². The fourth-order valence-corrected chi connectivity index (χ4v) is 3.14. The molecule has 9 heteroatoms. The van der Waals surface area contributed by atoms with E-state index in [1.54, 1.807) is 31.5 Å². The third-order valence-electron chi connectivity index (χ3n) is 3.10. The van der Waals surface area contributed by atoms with E-state index < -0.39 is 11.2 Å². The zero-order chi connectivity index (χ0) is 17.1. The second-order valence-electron chi connectivity index (χ2n) is 4.89. The van der Waals surface area contributed by atoms with Crippen LogP contribution in [0.4, 0.5) is 0 Å². The van der Waals surface area contributed by atoms with Crippen molar-refractivity contribution in [1.29, 1.82) is 0 Å². The van der Waals surface area contributed by atoms with E-state index in [0.29, 0.717) is 38.7 Å². The van der Waals surface area contributed by atoms with Gasteiger partial charge in [-0.25, -0.2) is 9.78 Å². The van der Waals surface area contributed by atoms with E-state index in [2.05, 4.69) is 9.97 Å². The molecular formula is C14H16Cl2N4O2S. The molecule has 0 atom stereocenters. The maximum absolute atomic E-state index is 12.2. The van der Waals surface area contributed by atoms with Gasteiger partial charge in [-0.3, -0.25) is 14.3 Å². The van der Waals surface area contributed by atoms with E-state index in [1.807, 2.05) is 6.08 Å². The molecule has 2 aromatic heterocycles. The summed E-state index contributed by atoms with van der Waals surface area (Å²) in [4.78, 5) is 30.6. The van der Waals surface area contributed by atoms with Crippen LogP contribution >= 0.6 is 35.0 Å². The van der Waals surface area contributed by atoms with Crippen molar-refractivity contribution in [2.24, 2.45) is 7.05 Å². The van der Waals surface area contributed by atoms with Crippen LogP contribution < -0.4 is 11.2 Å². The highest BCUT2D eigenvalue weighted by Crippen LogP contribution is 2.22. The number of imidazole rings is 1. The number of allylic oxidation sites excluding steroid dienone is 3. The van der Waals surface area contributed by atoms with Gasteiger partial charge in [0, 0.05) is 29.4 Å². The minimum atomic E-state index is -0.496. The van der Waals surface area contributed by atoms with Crippen molar-refractivity contribution < 1.29 is 0 Å². The lowest BCUT2D eigenvalue weighted by Crippen LogP contribution is -2.29. The monoisotopic (exact) mass is 374 g/mol. The van der Waals surface area contributed by atoms with Crippen molar-refractivity contribution in [2.45, 2.75) is 25.5 Å². The molecule has 0 amide bonds. The van der Waals surface area contributed by atoms with Crippen molar-refractivity contribution in [1.82, 2.24) is 19.1 Å². The Bertz CT molecular complexity index is 900. The number of nitrogens with zero attached hydrogens (tertiary/aromatic N) is 3. The number of H-pyrrole nitrogens is 1. The minimum Gasteiger partial charge on any atom is -0.309 e. The zero-order valence-corrected chi connectivity index (χ0v) is 15.2. The van der Waals surface area contributed by atoms with Crippen molar-refractivity contribution in [2.75, 3.05) is 5.75 Å². The quantitative estimate of drug-likeness (QED) is 0.816. The van der Waals surface area contributed by atoms with Crippen LogP contribution in [0.3, 0.4) is 0 Å². The third-order valence-corrected chi connectivity index (χ3v) is 4.32. The van der Waals surface area contributed by atoms with Gasteiger partial charge in [0.1, 0.15) is 0 Å². The van der Waals surface area contributed by atoms with E-state index in [-0.39, 0.29) is 0 Å². The topological polar surface area (TPSA) is 72.7 Å². The van der Waals surface area contributed by atoms with Gasteiger partial charge in [0.15, 0.2) is 16.3 Å². The first-order valence-electron chi connectivity index (χ1n) is 6.78. The van der Waals surface area contributed by atoms with Gasteiger partial charge in [-0.15, -0.1) is 0 Å². The first kappa shape index (κ1) is 17.9. The number of nitrogens with one attached hydrogen (secondary N) is 1. The van der Waals surface area contributed by atoms with Crippen LogP contribution in [0, 0.1) is 0 Å². The number of halogens is 2. The number of hydrogen-bond donors (Lipinski definition) is 1. The van der Waals surface area contributed by atoms with Crippen LogP contribution in [-0.2, 0) is 13.6 Å². The van der Waals surface area contributed by atoms with Gasteiger partial charge in [-0.2, -0.15) is 0 Å². The first-order valence-corrected chi connectivity index (χ1v) is 8.52. The summed E-state index contributed by atoms with van der Waals surface area (Å²) in [5.41, 5.74) is -0.278. The van der Waals surface area contributed by atoms with Gasteiger partial charge in [0.2, 0.25) is 0 Å². The Morgan fingerprint density at radius 2 is 1.91 bits per heavy atom. The van der Waals surface area contributed by atoms with Crippen LogP contribution in [0.5, 0.6) is 0 Å². The Labute approximate surface area is 146 Å². The predicted molar refractivity (Wildman–Crippen MR) is 95.5 cm³/mol. The largest absolute Gasteiger partial charge is 0.329 e. The van der Waals surface area contributed by atoms with E-state index >= 15 is 0 Å². The molecule has 0 aliphatic carbocycles. The Morgan fingerprint density at radius 1 is 1.26 bits per heavy atom. The molecule has 2 aromatic rings. The van der Waals surface area contributed by atoms with Gasteiger partial charge >= 0.3 is 5.69 Å². The van der Waals surface area contributed by atoms with Gasteiger partial charge in [-0.05, 0) is 13.8 Å². The Kier molecular flexibility index (Phi) is 5.78. The summed E-state index contributed by atoms with van der Waals surface area (Å²) >= 11 is 13.1. The van der Waals surface area contributed by atoms with Crippen LogP contribution in [0.1, 0.15) is 13.8 Å². The molecule has 124 valence electrons. The minimum absolute atomic E-state index is 0.341. The molecule has 1 N–H and O–H groups in total. The van der Waals surface area contributed by atoms with E-state index in [1.165, 1.54) is 16.3 Å². The first-order chi connectivity index (χ1) is 10.8. The molecule has 2 rings (SSSR count).